The highest BCUT2D eigenvalue weighted by molar-refractivity contribution is 6.43. The molecule has 1 atom stereocenters. The molecule has 4 heteroatoms. The molecule has 0 saturated heterocycles. The molecular formula is C26H25NO3. The minimum atomic E-state index is -0.477. The van der Waals surface area contributed by atoms with E-state index in [1.807, 2.05) is 48.5 Å². The van der Waals surface area contributed by atoms with Gasteiger partial charge in [0.2, 0.25) is 0 Å². The van der Waals surface area contributed by atoms with Gasteiger partial charge in [0.15, 0.2) is 5.71 Å². The van der Waals surface area contributed by atoms with Gasteiger partial charge >= 0.3 is 5.97 Å². The lowest BCUT2D eigenvalue weighted by Crippen LogP contribution is -2.24. The quantitative estimate of drug-likeness (QED) is 0.269. The second-order valence-electron chi connectivity index (χ2n) is 6.73. The Kier molecular flexibility index (Phi) is 7.56. The summed E-state index contributed by atoms with van der Waals surface area (Å²) in [6.45, 7) is 3.83. The van der Waals surface area contributed by atoms with Gasteiger partial charge in [-0.1, -0.05) is 73.3 Å². The van der Waals surface area contributed by atoms with Crippen LogP contribution in [0.5, 0.6) is 5.75 Å². The van der Waals surface area contributed by atoms with Crippen LogP contribution in [-0.2, 0) is 16.0 Å². The number of methoxy groups -OCH3 is 1. The van der Waals surface area contributed by atoms with E-state index in [1.165, 1.54) is 5.56 Å². The van der Waals surface area contributed by atoms with Crippen molar-refractivity contribution in [1.82, 2.24) is 0 Å². The third-order valence-corrected chi connectivity index (χ3v) is 4.64. The monoisotopic (exact) mass is 399 g/mol. The van der Waals surface area contributed by atoms with Gasteiger partial charge < -0.3 is 9.47 Å². The van der Waals surface area contributed by atoms with Gasteiger partial charge in [-0.15, -0.1) is 0 Å². The first-order chi connectivity index (χ1) is 14.7. The van der Waals surface area contributed by atoms with Crippen LogP contribution in [0.25, 0.3) is 0 Å². The van der Waals surface area contributed by atoms with Crippen molar-refractivity contribution in [2.75, 3.05) is 7.11 Å². The highest BCUT2D eigenvalue weighted by Crippen LogP contribution is 2.20. The molecule has 0 radical (unpaired) electrons. The number of ether oxygens (including phenoxy) is 2. The topological polar surface area (TPSA) is 47.9 Å². The fourth-order valence-corrected chi connectivity index (χ4v) is 2.98. The Bertz CT molecular complexity index is 980. The fourth-order valence-electron chi connectivity index (χ4n) is 2.98. The van der Waals surface area contributed by atoms with Crippen LogP contribution < -0.4 is 4.74 Å². The average molecular weight is 399 g/mol. The van der Waals surface area contributed by atoms with Crippen LogP contribution in [0.15, 0.2) is 103 Å². The zero-order valence-corrected chi connectivity index (χ0v) is 17.0. The molecule has 0 unspecified atom stereocenters. The summed E-state index contributed by atoms with van der Waals surface area (Å²) in [5.74, 6) is 0.250. The SMILES string of the molecule is C=C[C@@H](CCc1ccccc1)OC(=O)C(=Nc1ccc(OC)cc1)c1ccccc1. The summed E-state index contributed by atoms with van der Waals surface area (Å²) in [5, 5.41) is 0. The number of rotatable bonds is 9. The van der Waals surface area contributed by atoms with Crippen LogP contribution in [0.1, 0.15) is 17.5 Å². The molecule has 3 aromatic carbocycles. The Morgan fingerprint density at radius 3 is 2.20 bits per heavy atom. The van der Waals surface area contributed by atoms with Crippen LogP contribution >= 0.6 is 0 Å². The van der Waals surface area contributed by atoms with E-state index in [0.29, 0.717) is 17.7 Å². The van der Waals surface area contributed by atoms with E-state index < -0.39 is 12.1 Å². The zero-order chi connectivity index (χ0) is 21.2. The summed E-state index contributed by atoms with van der Waals surface area (Å²) in [4.78, 5) is 17.6. The summed E-state index contributed by atoms with van der Waals surface area (Å²) in [7, 11) is 1.61. The van der Waals surface area contributed by atoms with Crippen LogP contribution in [0.4, 0.5) is 5.69 Å². The predicted octanol–water partition coefficient (Wildman–Crippen LogP) is 5.55. The molecule has 152 valence electrons. The number of esters is 1. The van der Waals surface area contributed by atoms with Gasteiger partial charge in [-0.3, -0.25) is 0 Å². The minimum absolute atomic E-state index is 0.257. The second kappa shape index (κ2) is 10.8. The maximum Gasteiger partial charge on any atom is 0.358 e. The molecule has 0 heterocycles. The number of carbonyl (C=O) groups is 1. The van der Waals surface area contributed by atoms with E-state index in [1.54, 1.807) is 37.5 Å². The highest BCUT2D eigenvalue weighted by atomic mass is 16.5. The molecule has 0 fully saturated rings. The number of hydrogen-bond acceptors (Lipinski definition) is 4. The normalized spacial score (nSPS) is 12.1. The van der Waals surface area contributed by atoms with Gasteiger partial charge in [-0.25, -0.2) is 9.79 Å². The van der Waals surface area contributed by atoms with Crippen molar-refractivity contribution in [2.45, 2.75) is 18.9 Å². The minimum Gasteiger partial charge on any atom is -0.497 e. The first-order valence-electron chi connectivity index (χ1n) is 9.85. The summed E-state index contributed by atoms with van der Waals surface area (Å²) < 4.78 is 10.9. The van der Waals surface area contributed by atoms with Crippen molar-refractivity contribution in [3.8, 4) is 5.75 Å². The van der Waals surface area contributed by atoms with Crippen LogP contribution in [-0.4, -0.2) is 24.9 Å². The molecule has 0 aliphatic rings. The molecule has 0 saturated carbocycles. The molecule has 0 aliphatic heterocycles. The maximum absolute atomic E-state index is 13.0. The molecule has 0 aromatic heterocycles. The molecule has 4 nitrogen and oxygen atoms in total. The second-order valence-corrected chi connectivity index (χ2v) is 6.73. The Balaban J connectivity index is 1.78. The molecule has 0 bridgehead atoms. The molecule has 0 amide bonds. The molecule has 3 rings (SSSR count). The standard InChI is InChI=1S/C26H25NO3/c1-3-23(17-14-20-10-6-4-7-11-20)30-26(28)25(21-12-8-5-9-13-21)27-22-15-18-24(29-2)19-16-22/h3-13,15-16,18-19,23H,1,14,17H2,2H3/t23-/m0/s1. The lowest BCUT2D eigenvalue weighted by atomic mass is 10.1. The zero-order valence-electron chi connectivity index (χ0n) is 17.0. The average Bonchev–Trinajstić information content (AvgIpc) is 2.81. The van der Waals surface area contributed by atoms with E-state index in [-0.39, 0.29) is 5.71 Å². The first-order valence-corrected chi connectivity index (χ1v) is 9.85. The lowest BCUT2D eigenvalue weighted by molar-refractivity contribution is -0.138. The van der Waals surface area contributed by atoms with E-state index in [9.17, 15) is 4.79 Å². The van der Waals surface area contributed by atoms with Crippen LogP contribution in [0.2, 0.25) is 0 Å². The van der Waals surface area contributed by atoms with E-state index in [2.05, 4.69) is 23.7 Å². The summed E-state index contributed by atoms with van der Waals surface area (Å²) in [6, 6.07) is 26.6. The van der Waals surface area contributed by atoms with Gasteiger partial charge in [0.25, 0.3) is 0 Å². The number of aliphatic imine (C=N–C) groups is 1. The number of nitrogens with zero attached hydrogens (tertiary/aromatic N) is 1. The number of aryl methyl sites for hydroxylation is 1. The Morgan fingerprint density at radius 2 is 1.60 bits per heavy atom. The largest absolute Gasteiger partial charge is 0.497 e. The van der Waals surface area contributed by atoms with Gasteiger partial charge in [0.05, 0.1) is 12.8 Å². The van der Waals surface area contributed by atoms with Crippen molar-refractivity contribution in [1.29, 1.82) is 0 Å². The number of hydrogen-bond donors (Lipinski definition) is 0. The van der Waals surface area contributed by atoms with E-state index in [0.717, 1.165) is 12.2 Å². The van der Waals surface area contributed by atoms with Crippen LogP contribution in [0.3, 0.4) is 0 Å². The van der Waals surface area contributed by atoms with E-state index in [4.69, 9.17) is 9.47 Å². The molecule has 0 aliphatic carbocycles. The third kappa shape index (κ3) is 5.92. The number of carbonyl (C=O) groups excluding carboxylic acids is 1. The number of benzene rings is 3. The van der Waals surface area contributed by atoms with Crippen molar-refractivity contribution < 1.29 is 14.3 Å². The lowest BCUT2D eigenvalue weighted by Gasteiger charge is -2.15. The molecular weight excluding hydrogens is 374 g/mol. The summed E-state index contributed by atoms with van der Waals surface area (Å²) in [6.07, 6.45) is 2.71. The fraction of sp³-hybridized carbons (Fsp3) is 0.154. The smallest absolute Gasteiger partial charge is 0.358 e. The Hall–Kier alpha value is -3.66. The van der Waals surface area contributed by atoms with Crippen molar-refractivity contribution >= 4 is 17.4 Å². The maximum atomic E-state index is 13.0. The summed E-state index contributed by atoms with van der Waals surface area (Å²) in [5.41, 5.74) is 2.79. The Labute approximate surface area is 177 Å². The Morgan fingerprint density at radius 1 is 0.967 bits per heavy atom. The van der Waals surface area contributed by atoms with Crippen molar-refractivity contribution in [3.05, 3.63) is 109 Å². The molecule has 30 heavy (non-hydrogen) atoms. The highest BCUT2D eigenvalue weighted by Gasteiger charge is 2.19. The van der Waals surface area contributed by atoms with Crippen LogP contribution in [0, 0.1) is 0 Å². The van der Waals surface area contributed by atoms with Gasteiger partial charge in [0.1, 0.15) is 11.9 Å². The molecule has 0 N–H and O–H groups in total. The third-order valence-electron chi connectivity index (χ3n) is 4.64. The predicted molar refractivity (Wildman–Crippen MR) is 120 cm³/mol. The summed E-state index contributed by atoms with van der Waals surface area (Å²) >= 11 is 0. The van der Waals surface area contributed by atoms with E-state index >= 15 is 0 Å². The van der Waals surface area contributed by atoms with Gasteiger partial charge in [0, 0.05) is 5.56 Å². The van der Waals surface area contributed by atoms with Crippen molar-refractivity contribution in [2.24, 2.45) is 4.99 Å². The van der Waals surface area contributed by atoms with Crippen molar-refractivity contribution in [3.63, 3.8) is 0 Å². The van der Waals surface area contributed by atoms with Gasteiger partial charge in [-0.2, -0.15) is 0 Å². The van der Waals surface area contributed by atoms with Gasteiger partial charge in [-0.05, 0) is 42.7 Å². The first kappa shape index (κ1) is 21.1. The molecule has 3 aromatic rings. The molecule has 0 spiro atoms.